The van der Waals surface area contributed by atoms with Gasteiger partial charge in [0.15, 0.2) is 8.32 Å². The van der Waals surface area contributed by atoms with Crippen LogP contribution in [0, 0.1) is 0 Å². The molecule has 0 N–H and O–H groups in total. The van der Waals surface area contributed by atoms with Crippen LogP contribution in [0.15, 0.2) is 42.5 Å². The maximum atomic E-state index is 12.5. The first-order chi connectivity index (χ1) is 11.6. The highest BCUT2D eigenvalue weighted by atomic mass is 28.4. The minimum atomic E-state index is -1.84. The van der Waals surface area contributed by atoms with E-state index in [0.29, 0.717) is 19.8 Å². The van der Waals surface area contributed by atoms with Gasteiger partial charge in [-0.2, -0.15) is 0 Å². The summed E-state index contributed by atoms with van der Waals surface area (Å²) in [5.74, 6) is 0. The van der Waals surface area contributed by atoms with Crippen molar-refractivity contribution in [2.45, 2.75) is 58.0 Å². The molecule has 0 unspecified atom stereocenters. The topological polar surface area (TPSA) is 38.8 Å². The van der Waals surface area contributed by atoms with Gasteiger partial charge in [0, 0.05) is 6.54 Å². The predicted octanol–water partition coefficient (Wildman–Crippen LogP) is 4.98. The van der Waals surface area contributed by atoms with Crippen LogP contribution in [0.3, 0.4) is 0 Å². The van der Waals surface area contributed by atoms with Crippen molar-refractivity contribution in [2.75, 3.05) is 13.2 Å². The first-order valence-electron chi connectivity index (χ1n) is 8.88. The van der Waals surface area contributed by atoms with Crippen molar-refractivity contribution >= 4 is 14.4 Å². The Morgan fingerprint density at radius 3 is 2.52 bits per heavy atom. The Labute approximate surface area is 152 Å². The Hall–Kier alpha value is -1.59. The maximum absolute atomic E-state index is 12.5. The third kappa shape index (κ3) is 5.19. The Kier molecular flexibility index (Phi) is 6.11. The Bertz CT molecular complexity index is 607. The zero-order valence-electron chi connectivity index (χ0n) is 16.2. The van der Waals surface area contributed by atoms with Crippen molar-refractivity contribution in [1.82, 2.24) is 4.90 Å². The zero-order chi connectivity index (χ0) is 18.7. The van der Waals surface area contributed by atoms with Crippen LogP contribution >= 0.6 is 0 Å². The molecule has 1 amide bonds. The third-order valence-electron chi connectivity index (χ3n) is 5.24. The number of carbonyl (C=O) groups excluding carboxylic acids is 1. The molecule has 0 spiro atoms. The van der Waals surface area contributed by atoms with E-state index in [9.17, 15) is 4.79 Å². The number of carbonyl (C=O) groups is 1. The molecule has 1 aromatic rings. The van der Waals surface area contributed by atoms with Crippen LogP contribution in [-0.4, -0.2) is 38.5 Å². The van der Waals surface area contributed by atoms with Crippen molar-refractivity contribution in [1.29, 1.82) is 0 Å². The molecule has 1 fully saturated rings. The van der Waals surface area contributed by atoms with Crippen LogP contribution in [-0.2, 0) is 15.8 Å². The second kappa shape index (κ2) is 7.75. The average molecular weight is 362 g/mol. The fraction of sp³-hybridized carbons (Fsp3) is 0.550. The van der Waals surface area contributed by atoms with Crippen LogP contribution in [0.1, 0.15) is 32.8 Å². The lowest BCUT2D eigenvalue weighted by Gasteiger charge is -2.37. The Balaban J connectivity index is 1.94. The highest BCUT2D eigenvalue weighted by Crippen LogP contribution is 2.37. The van der Waals surface area contributed by atoms with E-state index in [1.165, 1.54) is 0 Å². The number of benzene rings is 1. The van der Waals surface area contributed by atoms with Gasteiger partial charge in [-0.15, -0.1) is 0 Å². The van der Waals surface area contributed by atoms with Gasteiger partial charge >= 0.3 is 6.09 Å². The van der Waals surface area contributed by atoms with Crippen molar-refractivity contribution < 1.29 is 14.0 Å². The number of ether oxygens (including phenoxy) is 1. The van der Waals surface area contributed by atoms with Gasteiger partial charge in [-0.3, -0.25) is 4.90 Å². The van der Waals surface area contributed by atoms with E-state index >= 15 is 0 Å². The summed E-state index contributed by atoms with van der Waals surface area (Å²) >= 11 is 0. The molecule has 0 saturated carbocycles. The van der Waals surface area contributed by atoms with Crippen molar-refractivity contribution in [3.05, 3.63) is 48.0 Å². The summed E-state index contributed by atoms with van der Waals surface area (Å²) in [4.78, 5) is 14.3. The summed E-state index contributed by atoms with van der Waals surface area (Å²) in [6.45, 7) is 16.6. The monoisotopic (exact) mass is 361 g/mol. The van der Waals surface area contributed by atoms with Gasteiger partial charge in [0.05, 0.1) is 12.6 Å². The number of nitrogens with zero attached hydrogens (tertiary/aromatic N) is 1. The molecule has 1 heterocycles. The van der Waals surface area contributed by atoms with Gasteiger partial charge in [0.25, 0.3) is 0 Å². The average Bonchev–Trinajstić information content (AvgIpc) is 2.92. The van der Waals surface area contributed by atoms with E-state index in [1.807, 2.05) is 30.3 Å². The fourth-order valence-electron chi connectivity index (χ4n) is 2.56. The van der Waals surface area contributed by atoms with Gasteiger partial charge in [-0.25, -0.2) is 4.79 Å². The van der Waals surface area contributed by atoms with E-state index in [4.69, 9.17) is 9.16 Å². The molecule has 25 heavy (non-hydrogen) atoms. The number of likely N-dealkylation sites (tertiary alicyclic amines) is 1. The number of hydrogen-bond donors (Lipinski definition) is 0. The molecule has 0 radical (unpaired) electrons. The molecule has 2 rings (SSSR count). The summed E-state index contributed by atoms with van der Waals surface area (Å²) in [7, 11) is -1.84. The largest absolute Gasteiger partial charge is 0.445 e. The number of amides is 1. The smallest absolute Gasteiger partial charge is 0.410 e. The molecule has 0 aromatic heterocycles. The molecule has 1 aliphatic rings. The summed E-state index contributed by atoms with van der Waals surface area (Å²) in [5, 5.41) is 0.154. The molecule has 0 bridgehead atoms. The van der Waals surface area contributed by atoms with Crippen LogP contribution in [0.5, 0.6) is 0 Å². The molecule has 1 aromatic carbocycles. The lowest BCUT2D eigenvalue weighted by atomic mass is 10.2. The minimum Gasteiger partial charge on any atom is -0.445 e. The molecule has 0 aliphatic carbocycles. The zero-order valence-corrected chi connectivity index (χ0v) is 17.2. The SMILES string of the molecule is C=C1C[C@@H](CO[Si](C)(C)C(C)(C)C)N(C(=O)OCc2ccccc2)C1. The quantitative estimate of drug-likeness (QED) is 0.549. The lowest BCUT2D eigenvalue weighted by molar-refractivity contribution is 0.0810. The van der Waals surface area contributed by atoms with E-state index in [-0.39, 0.29) is 17.2 Å². The summed E-state index contributed by atoms with van der Waals surface area (Å²) in [5.41, 5.74) is 2.04. The molecule has 4 nitrogen and oxygen atoms in total. The van der Waals surface area contributed by atoms with Crippen molar-refractivity contribution in [3.8, 4) is 0 Å². The molecule has 138 valence electrons. The maximum Gasteiger partial charge on any atom is 0.410 e. The van der Waals surface area contributed by atoms with Gasteiger partial charge in [-0.05, 0) is 30.1 Å². The van der Waals surface area contributed by atoms with Gasteiger partial charge in [0.1, 0.15) is 6.61 Å². The highest BCUT2D eigenvalue weighted by Gasteiger charge is 2.39. The lowest BCUT2D eigenvalue weighted by Crippen LogP contribution is -2.46. The van der Waals surface area contributed by atoms with Crippen LogP contribution in [0.25, 0.3) is 0 Å². The molecule has 1 atom stereocenters. The summed E-state index contributed by atoms with van der Waals surface area (Å²) in [6, 6.07) is 9.75. The normalized spacial score (nSPS) is 18.5. The first-order valence-corrected chi connectivity index (χ1v) is 11.8. The molecule has 1 aliphatic heterocycles. The van der Waals surface area contributed by atoms with Crippen LogP contribution < -0.4 is 0 Å². The van der Waals surface area contributed by atoms with Gasteiger partial charge in [-0.1, -0.05) is 63.3 Å². The second-order valence-electron chi connectivity index (χ2n) is 8.35. The van der Waals surface area contributed by atoms with E-state index < -0.39 is 8.32 Å². The summed E-state index contributed by atoms with van der Waals surface area (Å²) in [6.07, 6.45) is 0.501. The highest BCUT2D eigenvalue weighted by molar-refractivity contribution is 6.74. The Morgan fingerprint density at radius 1 is 1.28 bits per heavy atom. The van der Waals surface area contributed by atoms with Crippen molar-refractivity contribution in [2.24, 2.45) is 0 Å². The third-order valence-corrected chi connectivity index (χ3v) is 9.74. The molecule has 1 saturated heterocycles. The second-order valence-corrected chi connectivity index (χ2v) is 13.2. The van der Waals surface area contributed by atoms with E-state index in [1.54, 1.807) is 4.90 Å². The molecular formula is C20H31NO3Si. The number of hydrogen-bond acceptors (Lipinski definition) is 3. The van der Waals surface area contributed by atoms with Crippen molar-refractivity contribution in [3.63, 3.8) is 0 Å². The Morgan fingerprint density at radius 2 is 1.92 bits per heavy atom. The van der Waals surface area contributed by atoms with Crippen LogP contribution in [0.2, 0.25) is 18.1 Å². The first kappa shape index (κ1) is 19.7. The minimum absolute atomic E-state index is 0.0184. The predicted molar refractivity (Wildman–Crippen MR) is 104 cm³/mol. The number of rotatable bonds is 5. The van der Waals surface area contributed by atoms with Gasteiger partial charge in [0.2, 0.25) is 0 Å². The molecule has 5 heteroatoms. The fourth-order valence-corrected chi connectivity index (χ4v) is 3.61. The molecular weight excluding hydrogens is 330 g/mol. The van der Waals surface area contributed by atoms with Crippen LogP contribution in [0.4, 0.5) is 4.79 Å². The van der Waals surface area contributed by atoms with E-state index in [0.717, 1.165) is 17.6 Å². The van der Waals surface area contributed by atoms with Gasteiger partial charge < -0.3 is 9.16 Å². The summed E-state index contributed by atoms with van der Waals surface area (Å²) < 4.78 is 11.8. The standard InChI is InChI=1S/C20H31NO3Si/c1-16-12-18(15-24-25(5,6)20(2,3)4)21(13-16)19(22)23-14-17-10-8-7-9-11-17/h7-11,18H,1,12-15H2,2-6H3/t18-/m0/s1. The van der Waals surface area contributed by atoms with E-state index in [2.05, 4.69) is 40.4 Å².